The van der Waals surface area contributed by atoms with Crippen LogP contribution in [0, 0.1) is 5.41 Å². The number of nitrogens with one attached hydrogen (secondary N) is 1. The predicted octanol–water partition coefficient (Wildman–Crippen LogP) is 2.10. The number of rotatable bonds is 3. The first-order chi connectivity index (χ1) is 10.6. The average molecular weight is 301 g/mol. The summed E-state index contributed by atoms with van der Waals surface area (Å²) in [7, 11) is 5.94. The average Bonchev–Trinajstić information content (AvgIpc) is 2.94. The Morgan fingerprint density at radius 1 is 1.41 bits per heavy atom. The van der Waals surface area contributed by atoms with E-state index in [0.29, 0.717) is 5.41 Å². The van der Waals surface area contributed by atoms with Gasteiger partial charge in [-0.1, -0.05) is 12.5 Å². The van der Waals surface area contributed by atoms with Crippen LogP contribution < -0.4 is 10.2 Å². The highest BCUT2D eigenvalue weighted by atomic mass is 15.3. The fourth-order valence-electron chi connectivity index (χ4n) is 3.68. The Labute approximate surface area is 133 Å². The van der Waals surface area contributed by atoms with Gasteiger partial charge < -0.3 is 15.1 Å². The zero-order valence-electron chi connectivity index (χ0n) is 14.0. The SMILES string of the molecule is CN=C(NCc1cccnc1N(C)C)N1CCC2(CCC2)C1. The second-order valence-corrected chi connectivity index (χ2v) is 6.81. The molecule has 3 rings (SSSR count). The lowest BCUT2D eigenvalue weighted by Crippen LogP contribution is -2.42. The molecule has 1 spiro atoms. The molecule has 2 heterocycles. The number of likely N-dealkylation sites (tertiary alicyclic amines) is 1. The van der Waals surface area contributed by atoms with E-state index in [1.54, 1.807) is 0 Å². The zero-order chi connectivity index (χ0) is 15.6. The molecule has 0 aromatic carbocycles. The predicted molar refractivity (Wildman–Crippen MR) is 91.2 cm³/mol. The summed E-state index contributed by atoms with van der Waals surface area (Å²) in [6.45, 7) is 3.06. The number of nitrogens with zero attached hydrogens (tertiary/aromatic N) is 4. The highest BCUT2D eigenvalue weighted by Gasteiger charge is 2.43. The van der Waals surface area contributed by atoms with Crippen LogP contribution in [0.4, 0.5) is 5.82 Å². The Hall–Kier alpha value is -1.78. The van der Waals surface area contributed by atoms with E-state index in [1.165, 1.54) is 37.8 Å². The molecule has 1 saturated heterocycles. The van der Waals surface area contributed by atoms with Gasteiger partial charge in [-0.05, 0) is 30.7 Å². The number of pyridine rings is 1. The van der Waals surface area contributed by atoms with Crippen LogP contribution in [0.15, 0.2) is 23.3 Å². The summed E-state index contributed by atoms with van der Waals surface area (Å²) in [6, 6.07) is 4.12. The molecule has 0 radical (unpaired) electrons. The summed E-state index contributed by atoms with van der Waals surface area (Å²) in [5, 5.41) is 3.52. The Kier molecular flexibility index (Phi) is 4.23. The van der Waals surface area contributed by atoms with Crippen LogP contribution in [-0.2, 0) is 6.54 Å². The van der Waals surface area contributed by atoms with E-state index in [2.05, 4.69) is 31.2 Å². The molecule has 22 heavy (non-hydrogen) atoms. The van der Waals surface area contributed by atoms with Crippen LogP contribution in [0.3, 0.4) is 0 Å². The van der Waals surface area contributed by atoms with Crippen molar-refractivity contribution >= 4 is 11.8 Å². The first-order valence-corrected chi connectivity index (χ1v) is 8.20. The van der Waals surface area contributed by atoms with Crippen molar-refractivity contribution in [2.75, 3.05) is 39.1 Å². The Morgan fingerprint density at radius 2 is 2.23 bits per heavy atom. The van der Waals surface area contributed by atoms with Crippen molar-refractivity contribution in [3.63, 3.8) is 0 Å². The highest BCUT2D eigenvalue weighted by Crippen LogP contribution is 2.47. The molecule has 1 aliphatic carbocycles. The van der Waals surface area contributed by atoms with Gasteiger partial charge in [-0.25, -0.2) is 4.98 Å². The second kappa shape index (κ2) is 6.15. The van der Waals surface area contributed by atoms with Crippen molar-refractivity contribution in [3.8, 4) is 0 Å². The monoisotopic (exact) mass is 301 g/mol. The number of guanidine groups is 1. The minimum absolute atomic E-state index is 0.598. The van der Waals surface area contributed by atoms with Crippen molar-refractivity contribution in [1.29, 1.82) is 0 Å². The van der Waals surface area contributed by atoms with Gasteiger partial charge in [0.1, 0.15) is 5.82 Å². The number of anilines is 1. The lowest BCUT2D eigenvalue weighted by Gasteiger charge is -2.38. The molecule has 120 valence electrons. The lowest BCUT2D eigenvalue weighted by atomic mass is 9.68. The summed E-state index contributed by atoms with van der Waals surface area (Å²) in [5.74, 6) is 2.04. The molecule has 1 N–H and O–H groups in total. The van der Waals surface area contributed by atoms with Gasteiger partial charge >= 0.3 is 0 Å². The molecular weight excluding hydrogens is 274 g/mol. The summed E-state index contributed by atoms with van der Waals surface area (Å²) >= 11 is 0. The molecule has 1 aromatic heterocycles. The number of aliphatic imine (C=N–C) groups is 1. The Balaban J connectivity index is 1.63. The number of hydrogen-bond donors (Lipinski definition) is 1. The minimum atomic E-state index is 0.598. The van der Waals surface area contributed by atoms with E-state index in [0.717, 1.165) is 24.9 Å². The van der Waals surface area contributed by atoms with Crippen LogP contribution in [0.25, 0.3) is 0 Å². The maximum absolute atomic E-state index is 4.48. The molecule has 0 amide bonds. The molecule has 2 fully saturated rings. The van der Waals surface area contributed by atoms with Crippen molar-refractivity contribution in [2.45, 2.75) is 32.2 Å². The molecule has 0 bridgehead atoms. The fourth-order valence-corrected chi connectivity index (χ4v) is 3.68. The summed E-state index contributed by atoms with van der Waals surface area (Å²) < 4.78 is 0. The van der Waals surface area contributed by atoms with Crippen molar-refractivity contribution in [1.82, 2.24) is 15.2 Å². The van der Waals surface area contributed by atoms with Crippen LogP contribution >= 0.6 is 0 Å². The van der Waals surface area contributed by atoms with Gasteiger partial charge in [0.15, 0.2) is 5.96 Å². The standard InChI is InChI=1S/C17H27N5/c1-18-16(22-11-9-17(13-22)7-5-8-17)20-12-14-6-4-10-19-15(14)21(2)3/h4,6,10H,5,7-9,11-13H2,1-3H3,(H,18,20). The van der Waals surface area contributed by atoms with E-state index in [4.69, 9.17) is 0 Å². The molecule has 0 unspecified atom stereocenters. The summed E-state index contributed by atoms with van der Waals surface area (Å²) in [4.78, 5) is 13.4. The minimum Gasteiger partial charge on any atom is -0.362 e. The summed E-state index contributed by atoms with van der Waals surface area (Å²) in [6.07, 6.45) is 7.36. The third-order valence-corrected chi connectivity index (χ3v) is 5.09. The van der Waals surface area contributed by atoms with Gasteiger partial charge in [-0.15, -0.1) is 0 Å². The largest absolute Gasteiger partial charge is 0.362 e. The molecule has 1 saturated carbocycles. The van der Waals surface area contributed by atoms with Crippen molar-refractivity contribution in [2.24, 2.45) is 10.4 Å². The Bertz CT molecular complexity index is 548. The molecule has 1 aliphatic heterocycles. The second-order valence-electron chi connectivity index (χ2n) is 6.81. The number of hydrogen-bond acceptors (Lipinski definition) is 3. The van der Waals surface area contributed by atoms with E-state index in [-0.39, 0.29) is 0 Å². The molecule has 0 atom stereocenters. The van der Waals surface area contributed by atoms with Crippen molar-refractivity contribution < 1.29 is 0 Å². The van der Waals surface area contributed by atoms with Gasteiger partial charge in [0.25, 0.3) is 0 Å². The van der Waals surface area contributed by atoms with Crippen LogP contribution in [0.2, 0.25) is 0 Å². The fraction of sp³-hybridized carbons (Fsp3) is 0.647. The maximum Gasteiger partial charge on any atom is 0.193 e. The van der Waals surface area contributed by atoms with E-state index < -0.39 is 0 Å². The first-order valence-electron chi connectivity index (χ1n) is 8.20. The number of aromatic nitrogens is 1. The smallest absolute Gasteiger partial charge is 0.193 e. The zero-order valence-corrected chi connectivity index (χ0v) is 14.0. The topological polar surface area (TPSA) is 43.8 Å². The normalized spacial score (nSPS) is 20.1. The third kappa shape index (κ3) is 2.89. The highest BCUT2D eigenvalue weighted by molar-refractivity contribution is 5.80. The van der Waals surface area contributed by atoms with Gasteiger partial charge in [0, 0.05) is 52.5 Å². The third-order valence-electron chi connectivity index (χ3n) is 5.09. The van der Waals surface area contributed by atoms with Crippen molar-refractivity contribution in [3.05, 3.63) is 23.9 Å². The lowest BCUT2D eigenvalue weighted by molar-refractivity contribution is 0.151. The first kappa shape index (κ1) is 15.1. The van der Waals surface area contributed by atoms with Crippen LogP contribution in [-0.4, -0.2) is 50.1 Å². The van der Waals surface area contributed by atoms with Crippen LogP contribution in [0.1, 0.15) is 31.2 Å². The quantitative estimate of drug-likeness (QED) is 0.686. The van der Waals surface area contributed by atoms with E-state index in [1.807, 2.05) is 33.4 Å². The van der Waals surface area contributed by atoms with Crippen LogP contribution in [0.5, 0.6) is 0 Å². The van der Waals surface area contributed by atoms with E-state index in [9.17, 15) is 0 Å². The molecule has 5 heteroatoms. The molecule has 5 nitrogen and oxygen atoms in total. The summed E-state index contributed by atoms with van der Waals surface area (Å²) in [5.41, 5.74) is 1.80. The Morgan fingerprint density at radius 3 is 2.82 bits per heavy atom. The van der Waals surface area contributed by atoms with Gasteiger partial charge in [0.05, 0.1) is 0 Å². The van der Waals surface area contributed by atoms with Gasteiger partial charge in [-0.2, -0.15) is 0 Å². The van der Waals surface area contributed by atoms with E-state index >= 15 is 0 Å². The molecule has 1 aromatic rings. The van der Waals surface area contributed by atoms with Gasteiger partial charge in [-0.3, -0.25) is 4.99 Å². The molecule has 2 aliphatic rings. The maximum atomic E-state index is 4.48. The van der Waals surface area contributed by atoms with Gasteiger partial charge in [0.2, 0.25) is 0 Å². The molecular formula is C17H27N5.